The highest BCUT2D eigenvalue weighted by molar-refractivity contribution is 5.94. The van der Waals surface area contributed by atoms with Crippen LogP contribution >= 0.6 is 0 Å². The molecule has 3 aromatic heterocycles. The third-order valence-electron chi connectivity index (χ3n) is 8.66. The van der Waals surface area contributed by atoms with Crippen LogP contribution < -0.4 is 14.3 Å². The number of ether oxygens (including phenoxy) is 3. The molecule has 1 saturated heterocycles. The molecule has 228 valence electrons. The summed E-state index contributed by atoms with van der Waals surface area (Å²) < 4.78 is 17.7. The van der Waals surface area contributed by atoms with Gasteiger partial charge >= 0.3 is 23.9 Å². The zero-order valence-electron chi connectivity index (χ0n) is 24.6. The standard InChI is InChI=1S/C29H34N6O8/c1-5-40-16-28(10-11-34(15-28)27(3,4)18-7-6-17(2)30-14-18)9-8-19-31-23-22-24-33-26(32-23)41-20(36)12-29(39,25(38)42-24)13-21(37)43-35(19)22/h6-7,14,39H,5,8-13,15-16H2,1-4H3/t28-,29?/m1/s1. The van der Waals surface area contributed by atoms with Gasteiger partial charge in [-0.3, -0.25) is 14.7 Å². The first-order valence-corrected chi connectivity index (χ1v) is 14.3. The van der Waals surface area contributed by atoms with Crippen LogP contribution in [-0.4, -0.2) is 84.5 Å². The van der Waals surface area contributed by atoms with Crippen LogP contribution in [0, 0.1) is 12.3 Å². The number of hydrogen-bond donors (Lipinski definition) is 1. The largest absolute Gasteiger partial charge is 0.403 e. The lowest BCUT2D eigenvalue weighted by atomic mass is 9.82. The summed E-state index contributed by atoms with van der Waals surface area (Å²) in [5.74, 6) is -3.20. The Hall–Kier alpha value is -4.01. The number of pyridine rings is 1. The predicted octanol–water partition coefficient (Wildman–Crippen LogP) is 1.43. The van der Waals surface area contributed by atoms with Gasteiger partial charge in [0.15, 0.2) is 16.8 Å². The van der Waals surface area contributed by atoms with Crippen molar-refractivity contribution in [1.29, 1.82) is 0 Å². The fraction of sp³-hybridized carbons (Fsp3) is 0.552. The molecule has 1 fully saturated rings. The van der Waals surface area contributed by atoms with Crippen LogP contribution in [0.4, 0.5) is 0 Å². The molecule has 6 rings (SSSR count). The Morgan fingerprint density at radius 3 is 2.63 bits per heavy atom. The number of likely N-dealkylation sites (tertiary alicyclic amines) is 1. The normalized spacial score (nSPS) is 24.3. The van der Waals surface area contributed by atoms with Gasteiger partial charge in [0, 0.05) is 42.4 Å². The number of nitrogens with zero attached hydrogens (tertiary/aromatic N) is 6. The topological polar surface area (TPSA) is 168 Å². The smallest absolute Gasteiger partial charge is 0.346 e. The van der Waals surface area contributed by atoms with Gasteiger partial charge in [0.25, 0.3) is 5.88 Å². The summed E-state index contributed by atoms with van der Waals surface area (Å²) in [6.45, 7) is 11.0. The molecule has 0 saturated carbocycles. The molecule has 0 aromatic carbocycles. The minimum absolute atomic E-state index is 0.00986. The van der Waals surface area contributed by atoms with E-state index >= 15 is 0 Å². The van der Waals surface area contributed by atoms with Crippen molar-refractivity contribution >= 4 is 29.1 Å². The molecule has 3 aliphatic rings. The van der Waals surface area contributed by atoms with Crippen molar-refractivity contribution in [3.8, 4) is 11.9 Å². The average Bonchev–Trinajstić information content (AvgIpc) is 3.53. The minimum atomic E-state index is -2.50. The highest BCUT2D eigenvalue weighted by Crippen LogP contribution is 2.42. The fourth-order valence-electron chi connectivity index (χ4n) is 5.98. The summed E-state index contributed by atoms with van der Waals surface area (Å²) in [4.78, 5) is 63.6. The lowest BCUT2D eigenvalue weighted by Crippen LogP contribution is -2.46. The van der Waals surface area contributed by atoms with Crippen molar-refractivity contribution in [2.75, 3.05) is 26.3 Å². The predicted molar refractivity (Wildman–Crippen MR) is 148 cm³/mol. The quantitative estimate of drug-likeness (QED) is 0.372. The third kappa shape index (κ3) is 5.34. The van der Waals surface area contributed by atoms with Gasteiger partial charge in [-0.2, -0.15) is 14.7 Å². The van der Waals surface area contributed by atoms with E-state index in [2.05, 4.69) is 44.7 Å². The summed E-state index contributed by atoms with van der Waals surface area (Å²) in [6.07, 6.45) is 2.10. The van der Waals surface area contributed by atoms with Crippen LogP contribution in [-0.2, 0) is 31.1 Å². The molecule has 6 heterocycles. The second-order valence-corrected chi connectivity index (χ2v) is 12.1. The van der Waals surface area contributed by atoms with E-state index in [0.717, 1.165) is 35.5 Å². The maximum absolute atomic E-state index is 13.0. The van der Waals surface area contributed by atoms with Crippen molar-refractivity contribution in [3.05, 3.63) is 35.4 Å². The second-order valence-electron chi connectivity index (χ2n) is 12.1. The van der Waals surface area contributed by atoms with Crippen LogP contribution in [0.15, 0.2) is 18.3 Å². The Bertz CT molecular complexity index is 1600. The van der Waals surface area contributed by atoms with Crippen molar-refractivity contribution in [1.82, 2.24) is 29.6 Å². The molecule has 3 bridgehead atoms. The molecule has 0 radical (unpaired) electrons. The van der Waals surface area contributed by atoms with Crippen molar-refractivity contribution in [3.63, 3.8) is 0 Å². The summed E-state index contributed by atoms with van der Waals surface area (Å²) in [6, 6.07) is 3.75. The maximum atomic E-state index is 13.0. The molecular weight excluding hydrogens is 560 g/mol. The van der Waals surface area contributed by atoms with E-state index < -0.39 is 36.4 Å². The lowest BCUT2D eigenvalue weighted by Gasteiger charge is -2.38. The van der Waals surface area contributed by atoms with Crippen LogP contribution in [0.25, 0.3) is 11.2 Å². The molecule has 0 amide bonds. The van der Waals surface area contributed by atoms with Crippen molar-refractivity contribution < 1.29 is 38.5 Å². The Kier molecular flexibility index (Phi) is 7.18. The number of esters is 2. The molecule has 1 N–H and O–H groups in total. The number of carbonyl (C=O) groups is 3. The number of rotatable bonds is 8. The Morgan fingerprint density at radius 1 is 1.09 bits per heavy atom. The SMILES string of the molecule is CCOC[C@]1(CCc2nc3nc4nc5c3n2OC(=O)CC(O)(CC(=O)O4)C(=O)O5)CCN(C(C)(C)c2ccc(C)nc2)C1. The molecule has 3 aliphatic heterocycles. The number of aliphatic hydroxyl groups is 1. The van der Waals surface area contributed by atoms with E-state index in [4.69, 9.17) is 19.0 Å². The molecular formula is C29H34N6O8. The Balaban J connectivity index is 1.33. The minimum Gasteiger partial charge on any atom is -0.403 e. The molecule has 43 heavy (non-hydrogen) atoms. The van der Waals surface area contributed by atoms with E-state index in [1.54, 1.807) is 0 Å². The zero-order valence-corrected chi connectivity index (χ0v) is 24.6. The van der Waals surface area contributed by atoms with Gasteiger partial charge in [-0.05, 0) is 58.7 Å². The molecule has 2 atom stereocenters. The second kappa shape index (κ2) is 10.6. The molecule has 1 unspecified atom stereocenters. The van der Waals surface area contributed by atoms with Crippen molar-refractivity contribution in [2.24, 2.45) is 5.41 Å². The summed E-state index contributed by atoms with van der Waals surface area (Å²) in [5, 5.41) is 10.9. The van der Waals surface area contributed by atoms with E-state index in [1.807, 2.05) is 26.1 Å². The lowest BCUT2D eigenvalue weighted by molar-refractivity contribution is -0.168. The molecule has 3 aromatic rings. The summed E-state index contributed by atoms with van der Waals surface area (Å²) >= 11 is 0. The fourth-order valence-corrected chi connectivity index (χ4v) is 5.98. The van der Waals surface area contributed by atoms with Crippen molar-refractivity contribution in [2.45, 2.75) is 70.9 Å². The molecule has 14 nitrogen and oxygen atoms in total. The number of aromatic nitrogens is 5. The number of hydrogen-bond acceptors (Lipinski definition) is 13. The summed E-state index contributed by atoms with van der Waals surface area (Å²) in [7, 11) is 0. The molecule has 0 aliphatic carbocycles. The summed E-state index contributed by atoms with van der Waals surface area (Å²) in [5.41, 5.74) is -0.891. The van der Waals surface area contributed by atoms with Gasteiger partial charge in [-0.15, -0.1) is 0 Å². The van der Waals surface area contributed by atoms with Crippen LogP contribution in [0.5, 0.6) is 11.9 Å². The van der Waals surface area contributed by atoms with Gasteiger partial charge in [-0.1, -0.05) is 6.07 Å². The first kappa shape index (κ1) is 29.1. The first-order valence-electron chi connectivity index (χ1n) is 14.3. The van der Waals surface area contributed by atoms with Gasteiger partial charge < -0.3 is 24.2 Å². The Labute approximate surface area is 247 Å². The van der Waals surface area contributed by atoms with E-state index in [1.165, 1.54) is 0 Å². The number of carbonyl (C=O) groups excluding carboxylic acids is 3. The number of aryl methyl sites for hydroxylation is 2. The highest BCUT2D eigenvalue weighted by Gasteiger charge is 2.48. The van der Waals surface area contributed by atoms with E-state index in [-0.39, 0.29) is 34.0 Å². The molecule has 14 heteroatoms. The van der Waals surface area contributed by atoms with Crippen LogP contribution in [0.1, 0.15) is 63.5 Å². The number of imidazole rings is 1. The monoisotopic (exact) mass is 594 g/mol. The van der Waals surface area contributed by atoms with Gasteiger partial charge in [0.1, 0.15) is 5.82 Å². The van der Waals surface area contributed by atoms with Crippen LogP contribution in [0.2, 0.25) is 0 Å². The first-order chi connectivity index (χ1) is 20.4. The third-order valence-corrected chi connectivity index (χ3v) is 8.66. The average molecular weight is 595 g/mol. The Morgan fingerprint density at radius 2 is 1.88 bits per heavy atom. The van der Waals surface area contributed by atoms with Gasteiger partial charge in [0.05, 0.1) is 19.4 Å². The van der Waals surface area contributed by atoms with Gasteiger partial charge in [-0.25, -0.2) is 14.6 Å². The molecule has 0 spiro atoms. The highest BCUT2D eigenvalue weighted by atomic mass is 16.7. The van der Waals surface area contributed by atoms with E-state index in [9.17, 15) is 19.5 Å². The zero-order chi connectivity index (χ0) is 30.6. The van der Waals surface area contributed by atoms with E-state index in [0.29, 0.717) is 31.9 Å². The van der Waals surface area contributed by atoms with Gasteiger partial charge in [0.2, 0.25) is 0 Å². The maximum Gasteiger partial charge on any atom is 0.346 e. The number of fused-ring (bicyclic) bond motifs is 3. The van der Waals surface area contributed by atoms with Crippen LogP contribution in [0.3, 0.4) is 0 Å².